The molecule has 20 heavy (non-hydrogen) atoms. The highest BCUT2D eigenvalue weighted by Crippen LogP contribution is 2.22. The molecule has 0 bridgehead atoms. The van der Waals surface area contributed by atoms with Crippen LogP contribution in [0.25, 0.3) is 0 Å². The zero-order chi connectivity index (χ0) is 15.2. The van der Waals surface area contributed by atoms with E-state index >= 15 is 0 Å². The standard InChI is InChI=1S/C14H26N2O4/c1-4-7-14(3,12(17)18)16-13(19)15-9-10-6-8-20-11(10)5-2/h10-11H,4-9H2,1-3H3,(H,17,18)(H2,15,16,19). The van der Waals surface area contributed by atoms with Gasteiger partial charge in [-0.2, -0.15) is 0 Å². The summed E-state index contributed by atoms with van der Waals surface area (Å²) in [6.07, 6.45) is 3.15. The predicted molar refractivity (Wildman–Crippen MR) is 75.6 cm³/mol. The van der Waals surface area contributed by atoms with Gasteiger partial charge in [-0.1, -0.05) is 20.3 Å². The van der Waals surface area contributed by atoms with Crippen LogP contribution in [0.2, 0.25) is 0 Å². The highest BCUT2D eigenvalue weighted by molar-refractivity contribution is 5.85. The second kappa shape index (κ2) is 7.47. The Labute approximate surface area is 120 Å². The van der Waals surface area contributed by atoms with Gasteiger partial charge in [-0.3, -0.25) is 0 Å². The van der Waals surface area contributed by atoms with Gasteiger partial charge in [0.2, 0.25) is 0 Å². The Bertz CT molecular complexity index is 348. The van der Waals surface area contributed by atoms with Crippen LogP contribution in [0.1, 0.15) is 46.5 Å². The monoisotopic (exact) mass is 286 g/mol. The van der Waals surface area contributed by atoms with Gasteiger partial charge in [0, 0.05) is 19.1 Å². The molecule has 3 N–H and O–H groups in total. The summed E-state index contributed by atoms with van der Waals surface area (Å²) in [5.41, 5.74) is -1.21. The average molecular weight is 286 g/mol. The van der Waals surface area contributed by atoms with Crippen LogP contribution in [0.4, 0.5) is 4.79 Å². The van der Waals surface area contributed by atoms with Crippen molar-refractivity contribution in [2.45, 2.75) is 58.1 Å². The number of urea groups is 1. The first-order valence-electron chi connectivity index (χ1n) is 7.34. The molecule has 0 aromatic heterocycles. The highest BCUT2D eigenvalue weighted by atomic mass is 16.5. The third kappa shape index (κ3) is 4.37. The predicted octanol–water partition coefficient (Wildman–Crippen LogP) is 1.74. The molecular formula is C14H26N2O4. The zero-order valence-electron chi connectivity index (χ0n) is 12.6. The van der Waals surface area contributed by atoms with E-state index in [2.05, 4.69) is 17.6 Å². The van der Waals surface area contributed by atoms with E-state index in [0.717, 1.165) is 19.4 Å². The Balaban J connectivity index is 2.44. The van der Waals surface area contributed by atoms with E-state index < -0.39 is 17.5 Å². The molecule has 116 valence electrons. The van der Waals surface area contributed by atoms with Crippen LogP contribution < -0.4 is 10.6 Å². The number of ether oxygens (including phenoxy) is 1. The van der Waals surface area contributed by atoms with Crippen molar-refractivity contribution in [1.82, 2.24) is 10.6 Å². The molecular weight excluding hydrogens is 260 g/mol. The van der Waals surface area contributed by atoms with Crippen molar-refractivity contribution in [2.75, 3.05) is 13.2 Å². The minimum Gasteiger partial charge on any atom is -0.480 e. The Kier molecular flexibility index (Phi) is 6.26. The van der Waals surface area contributed by atoms with Crippen molar-refractivity contribution < 1.29 is 19.4 Å². The number of hydrogen-bond donors (Lipinski definition) is 3. The molecule has 2 amide bonds. The first kappa shape index (κ1) is 16.8. The van der Waals surface area contributed by atoms with E-state index in [-0.39, 0.29) is 6.10 Å². The molecule has 0 aromatic rings. The molecule has 0 saturated carbocycles. The minimum atomic E-state index is -1.21. The van der Waals surface area contributed by atoms with E-state index in [1.165, 1.54) is 6.92 Å². The van der Waals surface area contributed by atoms with E-state index in [1.54, 1.807) is 0 Å². The smallest absolute Gasteiger partial charge is 0.329 e. The van der Waals surface area contributed by atoms with Crippen LogP contribution in [0.15, 0.2) is 0 Å². The van der Waals surface area contributed by atoms with Gasteiger partial charge in [0.15, 0.2) is 0 Å². The molecule has 1 heterocycles. The SMILES string of the molecule is CCCC(C)(NC(=O)NCC1CCOC1CC)C(=O)O. The number of rotatable bonds is 7. The fourth-order valence-corrected chi connectivity index (χ4v) is 2.62. The number of aliphatic carboxylic acids is 1. The van der Waals surface area contributed by atoms with Gasteiger partial charge in [0.1, 0.15) is 5.54 Å². The van der Waals surface area contributed by atoms with Crippen LogP contribution in [0.5, 0.6) is 0 Å². The van der Waals surface area contributed by atoms with Crippen LogP contribution in [-0.4, -0.2) is 41.9 Å². The maximum Gasteiger partial charge on any atom is 0.329 e. The summed E-state index contributed by atoms with van der Waals surface area (Å²) in [6.45, 7) is 6.74. The van der Waals surface area contributed by atoms with Crippen LogP contribution in [-0.2, 0) is 9.53 Å². The zero-order valence-corrected chi connectivity index (χ0v) is 12.6. The third-order valence-electron chi connectivity index (χ3n) is 3.88. The lowest BCUT2D eigenvalue weighted by Crippen LogP contribution is -2.55. The number of carboxylic acids is 1. The number of nitrogens with one attached hydrogen (secondary N) is 2. The normalized spacial score (nSPS) is 24.9. The van der Waals surface area contributed by atoms with Crippen molar-refractivity contribution >= 4 is 12.0 Å². The van der Waals surface area contributed by atoms with Crippen molar-refractivity contribution in [3.05, 3.63) is 0 Å². The summed E-state index contributed by atoms with van der Waals surface area (Å²) in [4.78, 5) is 23.1. The first-order valence-corrected chi connectivity index (χ1v) is 7.34. The molecule has 1 fully saturated rings. The van der Waals surface area contributed by atoms with Crippen molar-refractivity contribution in [1.29, 1.82) is 0 Å². The van der Waals surface area contributed by atoms with Gasteiger partial charge in [0.05, 0.1) is 6.10 Å². The number of carboxylic acid groups (broad SMARTS) is 1. The molecule has 3 atom stereocenters. The van der Waals surface area contributed by atoms with Gasteiger partial charge in [-0.05, 0) is 26.2 Å². The van der Waals surface area contributed by atoms with Gasteiger partial charge in [-0.15, -0.1) is 0 Å². The average Bonchev–Trinajstić information content (AvgIpc) is 2.83. The molecule has 0 aliphatic carbocycles. The molecule has 0 aromatic carbocycles. The number of carbonyl (C=O) groups is 2. The van der Waals surface area contributed by atoms with E-state index in [4.69, 9.17) is 4.74 Å². The van der Waals surface area contributed by atoms with Crippen LogP contribution in [0, 0.1) is 5.92 Å². The molecule has 6 heteroatoms. The maximum absolute atomic E-state index is 11.9. The summed E-state index contributed by atoms with van der Waals surface area (Å²) in [6, 6.07) is -0.426. The minimum absolute atomic E-state index is 0.191. The fourth-order valence-electron chi connectivity index (χ4n) is 2.62. The Morgan fingerprint density at radius 3 is 2.65 bits per heavy atom. The number of hydrogen-bond acceptors (Lipinski definition) is 3. The van der Waals surface area contributed by atoms with E-state index in [9.17, 15) is 14.7 Å². The topological polar surface area (TPSA) is 87.7 Å². The second-order valence-corrected chi connectivity index (χ2v) is 5.59. The third-order valence-corrected chi connectivity index (χ3v) is 3.88. The Morgan fingerprint density at radius 2 is 2.10 bits per heavy atom. The molecule has 6 nitrogen and oxygen atoms in total. The summed E-state index contributed by atoms with van der Waals surface area (Å²) in [5.74, 6) is -0.696. The van der Waals surface area contributed by atoms with Crippen molar-refractivity contribution in [3.8, 4) is 0 Å². The molecule has 1 rings (SSSR count). The number of amides is 2. The highest BCUT2D eigenvalue weighted by Gasteiger charge is 2.34. The van der Waals surface area contributed by atoms with E-state index in [1.807, 2.05) is 6.92 Å². The molecule has 3 unspecified atom stereocenters. The van der Waals surface area contributed by atoms with Crippen molar-refractivity contribution in [3.63, 3.8) is 0 Å². The first-order chi connectivity index (χ1) is 9.42. The lowest BCUT2D eigenvalue weighted by Gasteiger charge is -2.26. The van der Waals surface area contributed by atoms with Crippen LogP contribution in [0.3, 0.4) is 0 Å². The molecule has 1 aliphatic rings. The van der Waals surface area contributed by atoms with Crippen LogP contribution >= 0.6 is 0 Å². The maximum atomic E-state index is 11.9. The van der Waals surface area contributed by atoms with Gasteiger partial charge in [0.25, 0.3) is 0 Å². The second-order valence-electron chi connectivity index (χ2n) is 5.59. The molecule has 0 spiro atoms. The van der Waals surface area contributed by atoms with E-state index in [0.29, 0.717) is 25.3 Å². The summed E-state index contributed by atoms with van der Waals surface area (Å²) in [7, 11) is 0. The van der Waals surface area contributed by atoms with Gasteiger partial charge >= 0.3 is 12.0 Å². The molecule has 1 saturated heterocycles. The lowest BCUT2D eigenvalue weighted by molar-refractivity contribution is -0.144. The van der Waals surface area contributed by atoms with Gasteiger partial charge in [-0.25, -0.2) is 9.59 Å². The molecule has 1 aliphatic heterocycles. The van der Waals surface area contributed by atoms with Gasteiger partial charge < -0.3 is 20.5 Å². The summed E-state index contributed by atoms with van der Waals surface area (Å²) in [5, 5.41) is 14.5. The fraction of sp³-hybridized carbons (Fsp3) is 0.857. The molecule has 0 radical (unpaired) electrons. The summed E-state index contributed by atoms with van der Waals surface area (Å²) < 4.78 is 5.56. The summed E-state index contributed by atoms with van der Waals surface area (Å²) >= 11 is 0. The quantitative estimate of drug-likeness (QED) is 0.665. The largest absolute Gasteiger partial charge is 0.480 e. The Hall–Kier alpha value is -1.30. The number of carbonyl (C=O) groups excluding carboxylic acids is 1. The lowest BCUT2D eigenvalue weighted by atomic mass is 9.96. The Morgan fingerprint density at radius 1 is 1.40 bits per heavy atom. The van der Waals surface area contributed by atoms with Crippen molar-refractivity contribution in [2.24, 2.45) is 5.92 Å².